The molecule has 1 saturated heterocycles. The fourth-order valence-corrected chi connectivity index (χ4v) is 4.32. The summed E-state index contributed by atoms with van der Waals surface area (Å²) >= 11 is 1.74. The second-order valence-electron chi connectivity index (χ2n) is 6.31. The molecule has 2 aliphatic rings. The van der Waals surface area contributed by atoms with Crippen molar-refractivity contribution >= 4 is 11.8 Å². The van der Waals surface area contributed by atoms with Crippen LogP contribution in [0, 0.1) is 11.3 Å². The molecule has 2 fully saturated rings. The standard InChI is InChI=1S/C14H27NO2S/c1-9(11(8-16)18-4)15-12-10-6-5-7-17-13(10)14(12,2)3/h9-13,15-16H,5-8H2,1-4H3. The van der Waals surface area contributed by atoms with Gasteiger partial charge in [-0.3, -0.25) is 0 Å². The van der Waals surface area contributed by atoms with E-state index in [1.807, 2.05) is 0 Å². The second kappa shape index (κ2) is 5.70. The molecule has 0 amide bonds. The van der Waals surface area contributed by atoms with Gasteiger partial charge in [-0.25, -0.2) is 0 Å². The van der Waals surface area contributed by atoms with E-state index in [2.05, 4.69) is 32.3 Å². The highest BCUT2D eigenvalue weighted by Crippen LogP contribution is 2.51. The molecule has 0 aromatic heterocycles. The Bertz CT molecular complexity index is 281. The average molecular weight is 273 g/mol. The number of nitrogens with one attached hydrogen (secondary N) is 1. The molecule has 1 heterocycles. The Morgan fingerprint density at radius 2 is 2.22 bits per heavy atom. The maximum absolute atomic E-state index is 9.38. The zero-order valence-electron chi connectivity index (χ0n) is 12.0. The van der Waals surface area contributed by atoms with Gasteiger partial charge in [-0.2, -0.15) is 11.8 Å². The van der Waals surface area contributed by atoms with Crippen molar-refractivity contribution in [1.82, 2.24) is 5.32 Å². The monoisotopic (exact) mass is 273 g/mol. The lowest BCUT2D eigenvalue weighted by Crippen LogP contribution is -2.71. The fourth-order valence-electron chi connectivity index (χ4n) is 3.69. The molecular formula is C14H27NO2S. The second-order valence-corrected chi connectivity index (χ2v) is 7.39. The third-order valence-corrected chi connectivity index (χ3v) is 5.98. The van der Waals surface area contributed by atoms with Crippen molar-refractivity contribution in [3.8, 4) is 0 Å². The van der Waals surface area contributed by atoms with Crippen molar-refractivity contribution in [3.05, 3.63) is 0 Å². The molecular weight excluding hydrogens is 246 g/mol. The van der Waals surface area contributed by atoms with Crippen LogP contribution < -0.4 is 5.32 Å². The van der Waals surface area contributed by atoms with Crippen molar-refractivity contribution < 1.29 is 9.84 Å². The topological polar surface area (TPSA) is 41.5 Å². The molecule has 1 aliphatic heterocycles. The molecule has 0 bridgehead atoms. The van der Waals surface area contributed by atoms with Gasteiger partial charge in [0, 0.05) is 35.3 Å². The average Bonchev–Trinajstić information content (AvgIpc) is 2.37. The predicted octanol–water partition coefficient (Wildman–Crippen LogP) is 1.89. The van der Waals surface area contributed by atoms with Crippen LogP contribution in [0.1, 0.15) is 33.6 Å². The van der Waals surface area contributed by atoms with Gasteiger partial charge in [-0.15, -0.1) is 0 Å². The summed E-state index contributed by atoms with van der Waals surface area (Å²) < 4.78 is 5.92. The largest absolute Gasteiger partial charge is 0.395 e. The summed E-state index contributed by atoms with van der Waals surface area (Å²) in [7, 11) is 0. The molecule has 5 atom stereocenters. The summed E-state index contributed by atoms with van der Waals surface area (Å²) in [6.07, 6.45) is 4.97. The van der Waals surface area contributed by atoms with E-state index in [-0.39, 0.29) is 17.3 Å². The molecule has 0 aromatic rings. The normalized spacial score (nSPS) is 37.5. The van der Waals surface area contributed by atoms with Crippen LogP contribution in [-0.2, 0) is 4.74 Å². The molecule has 5 unspecified atom stereocenters. The van der Waals surface area contributed by atoms with E-state index in [9.17, 15) is 5.11 Å². The van der Waals surface area contributed by atoms with Crippen LogP contribution in [0.2, 0.25) is 0 Å². The van der Waals surface area contributed by atoms with Gasteiger partial charge in [-0.05, 0) is 26.0 Å². The first kappa shape index (κ1) is 14.6. The zero-order valence-corrected chi connectivity index (χ0v) is 12.8. The Morgan fingerprint density at radius 1 is 1.50 bits per heavy atom. The minimum atomic E-state index is 0.220. The minimum Gasteiger partial charge on any atom is -0.395 e. The molecule has 1 saturated carbocycles. The first-order chi connectivity index (χ1) is 8.52. The molecule has 0 aromatic carbocycles. The van der Waals surface area contributed by atoms with Crippen LogP contribution in [0.4, 0.5) is 0 Å². The lowest BCUT2D eigenvalue weighted by atomic mass is 9.55. The van der Waals surface area contributed by atoms with Gasteiger partial charge in [0.25, 0.3) is 0 Å². The molecule has 18 heavy (non-hydrogen) atoms. The molecule has 0 spiro atoms. The van der Waals surface area contributed by atoms with Crippen LogP contribution in [0.15, 0.2) is 0 Å². The molecule has 3 nitrogen and oxygen atoms in total. The third kappa shape index (κ3) is 2.45. The predicted molar refractivity (Wildman–Crippen MR) is 77.0 cm³/mol. The van der Waals surface area contributed by atoms with Gasteiger partial charge in [-0.1, -0.05) is 13.8 Å². The zero-order chi connectivity index (χ0) is 13.3. The maximum Gasteiger partial charge on any atom is 0.0684 e. The summed E-state index contributed by atoms with van der Waals surface area (Å²) in [6, 6.07) is 0.871. The van der Waals surface area contributed by atoms with Gasteiger partial charge in [0.15, 0.2) is 0 Å². The summed E-state index contributed by atoms with van der Waals surface area (Å²) in [5.41, 5.74) is 0.220. The Labute approximate surface area is 115 Å². The highest BCUT2D eigenvalue weighted by molar-refractivity contribution is 7.99. The van der Waals surface area contributed by atoms with Gasteiger partial charge in [0.1, 0.15) is 0 Å². The summed E-state index contributed by atoms with van der Waals surface area (Å²) in [4.78, 5) is 0. The van der Waals surface area contributed by atoms with Crippen LogP contribution in [-0.4, -0.2) is 48.0 Å². The number of fused-ring (bicyclic) bond motifs is 1. The van der Waals surface area contributed by atoms with E-state index >= 15 is 0 Å². The highest BCUT2D eigenvalue weighted by Gasteiger charge is 2.58. The first-order valence-electron chi connectivity index (χ1n) is 7.03. The Morgan fingerprint density at radius 3 is 2.83 bits per heavy atom. The third-order valence-electron chi connectivity index (χ3n) is 4.81. The Kier molecular flexibility index (Phi) is 4.63. The van der Waals surface area contributed by atoms with Gasteiger partial charge < -0.3 is 15.2 Å². The van der Waals surface area contributed by atoms with E-state index in [0.29, 0.717) is 24.1 Å². The summed E-state index contributed by atoms with van der Waals surface area (Å²) in [5, 5.41) is 13.4. The van der Waals surface area contributed by atoms with Crippen molar-refractivity contribution in [3.63, 3.8) is 0 Å². The van der Waals surface area contributed by atoms with Gasteiger partial charge in [0.05, 0.1) is 12.7 Å². The van der Waals surface area contributed by atoms with E-state index in [1.165, 1.54) is 12.8 Å². The summed E-state index contributed by atoms with van der Waals surface area (Å²) in [6.45, 7) is 7.96. The van der Waals surface area contributed by atoms with E-state index < -0.39 is 0 Å². The molecule has 4 heteroatoms. The maximum atomic E-state index is 9.38. The van der Waals surface area contributed by atoms with E-state index in [4.69, 9.17) is 4.74 Å². The van der Waals surface area contributed by atoms with Crippen molar-refractivity contribution in [2.75, 3.05) is 19.5 Å². The molecule has 2 N–H and O–H groups in total. The number of hydrogen-bond donors (Lipinski definition) is 2. The molecule has 2 rings (SSSR count). The number of hydrogen-bond acceptors (Lipinski definition) is 4. The van der Waals surface area contributed by atoms with Crippen molar-refractivity contribution in [2.24, 2.45) is 11.3 Å². The first-order valence-corrected chi connectivity index (χ1v) is 8.32. The number of aliphatic hydroxyl groups is 1. The number of aliphatic hydroxyl groups excluding tert-OH is 1. The van der Waals surface area contributed by atoms with Crippen LogP contribution in [0.5, 0.6) is 0 Å². The number of ether oxygens (including phenoxy) is 1. The minimum absolute atomic E-state index is 0.220. The fraction of sp³-hybridized carbons (Fsp3) is 1.00. The SMILES string of the molecule is CSC(CO)C(C)NC1C2CCCOC2C1(C)C. The number of thioether (sulfide) groups is 1. The molecule has 106 valence electrons. The number of rotatable bonds is 5. The highest BCUT2D eigenvalue weighted by atomic mass is 32.2. The van der Waals surface area contributed by atoms with Crippen molar-refractivity contribution in [2.45, 2.75) is 57.1 Å². The Balaban J connectivity index is 1.96. The van der Waals surface area contributed by atoms with E-state index in [0.717, 1.165) is 6.61 Å². The summed E-state index contributed by atoms with van der Waals surface area (Å²) in [5.74, 6) is 0.664. The molecule has 0 radical (unpaired) electrons. The smallest absolute Gasteiger partial charge is 0.0684 e. The van der Waals surface area contributed by atoms with Crippen LogP contribution in [0.25, 0.3) is 0 Å². The van der Waals surface area contributed by atoms with Gasteiger partial charge in [0.2, 0.25) is 0 Å². The molecule has 1 aliphatic carbocycles. The van der Waals surface area contributed by atoms with Gasteiger partial charge >= 0.3 is 0 Å². The van der Waals surface area contributed by atoms with Crippen LogP contribution in [0.3, 0.4) is 0 Å². The lowest BCUT2D eigenvalue weighted by Gasteiger charge is -2.61. The quantitative estimate of drug-likeness (QED) is 0.803. The lowest BCUT2D eigenvalue weighted by molar-refractivity contribution is -0.194. The van der Waals surface area contributed by atoms with E-state index in [1.54, 1.807) is 11.8 Å². The Hall–Kier alpha value is 0.230. The van der Waals surface area contributed by atoms with Crippen molar-refractivity contribution in [1.29, 1.82) is 0 Å². The van der Waals surface area contributed by atoms with Crippen LogP contribution >= 0.6 is 11.8 Å².